The maximum Gasteiger partial charge on any atom is 0.258 e. The van der Waals surface area contributed by atoms with Gasteiger partial charge in [0.25, 0.3) is 5.91 Å². The fourth-order valence-electron chi connectivity index (χ4n) is 4.54. The third-order valence-corrected chi connectivity index (χ3v) is 6.01. The van der Waals surface area contributed by atoms with Crippen molar-refractivity contribution in [3.63, 3.8) is 0 Å². The van der Waals surface area contributed by atoms with Crippen LogP contribution in [0.1, 0.15) is 40.7 Å². The van der Waals surface area contributed by atoms with Crippen molar-refractivity contribution in [2.75, 3.05) is 18.0 Å². The number of hydrogen-bond acceptors (Lipinski definition) is 3. The summed E-state index contributed by atoms with van der Waals surface area (Å²) >= 11 is 0. The zero-order valence-electron chi connectivity index (χ0n) is 16.6. The van der Waals surface area contributed by atoms with E-state index >= 15 is 0 Å². The number of amides is 1. The third-order valence-electron chi connectivity index (χ3n) is 6.01. The Hall–Kier alpha value is -3.14. The first-order chi connectivity index (χ1) is 14.3. The van der Waals surface area contributed by atoms with Gasteiger partial charge >= 0.3 is 0 Å². The molecule has 0 saturated carbocycles. The van der Waals surface area contributed by atoms with Crippen LogP contribution >= 0.6 is 0 Å². The fourth-order valence-corrected chi connectivity index (χ4v) is 4.54. The molecule has 1 fully saturated rings. The Morgan fingerprint density at radius 2 is 1.38 bits per heavy atom. The minimum atomic E-state index is 0.0604. The van der Waals surface area contributed by atoms with Crippen molar-refractivity contribution in [1.29, 1.82) is 0 Å². The Morgan fingerprint density at radius 3 is 2.03 bits per heavy atom. The summed E-state index contributed by atoms with van der Waals surface area (Å²) in [6.07, 6.45) is 5.38. The van der Waals surface area contributed by atoms with E-state index < -0.39 is 0 Å². The average molecular weight is 383 g/mol. The largest absolute Gasteiger partial charge is 0.356 e. The molecule has 0 spiro atoms. The lowest BCUT2D eigenvalue weighted by molar-refractivity contribution is 0.0732. The van der Waals surface area contributed by atoms with Crippen molar-refractivity contribution < 1.29 is 4.79 Å². The molecule has 0 bridgehead atoms. The molecule has 1 amide bonds. The van der Waals surface area contributed by atoms with Crippen LogP contribution in [0.15, 0.2) is 66.9 Å². The van der Waals surface area contributed by atoms with Gasteiger partial charge in [0.2, 0.25) is 0 Å². The number of anilines is 1. The Bertz CT molecular complexity index is 992. The Morgan fingerprint density at radius 1 is 0.759 bits per heavy atom. The molecule has 0 radical (unpaired) electrons. The number of aromatic nitrogens is 1. The summed E-state index contributed by atoms with van der Waals surface area (Å²) in [7, 11) is 0. The molecule has 4 nitrogen and oxygen atoms in total. The predicted octanol–water partition coefficient (Wildman–Crippen LogP) is 4.89. The predicted molar refractivity (Wildman–Crippen MR) is 116 cm³/mol. The SMILES string of the molecule is O=C(c1cccnc1N1CCCCC1)N1Cc2ccccc2-c2ccccc2C1. The molecule has 1 aromatic heterocycles. The van der Waals surface area contributed by atoms with E-state index in [0.29, 0.717) is 18.7 Å². The molecule has 0 aliphatic carbocycles. The van der Waals surface area contributed by atoms with Crippen LogP contribution in [0, 0.1) is 0 Å². The number of fused-ring (bicyclic) bond motifs is 3. The molecule has 2 aromatic carbocycles. The van der Waals surface area contributed by atoms with Crippen LogP contribution in [0.2, 0.25) is 0 Å². The van der Waals surface area contributed by atoms with Crippen LogP contribution in [0.3, 0.4) is 0 Å². The highest BCUT2D eigenvalue weighted by atomic mass is 16.2. The molecule has 1 saturated heterocycles. The summed E-state index contributed by atoms with van der Waals surface area (Å²) < 4.78 is 0. The molecular weight excluding hydrogens is 358 g/mol. The van der Waals surface area contributed by atoms with Crippen LogP contribution in [0.25, 0.3) is 11.1 Å². The molecular formula is C25H25N3O. The number of nitrogens with zero attached hydrogens (tertiary/aromatic N) is 3. The van der Waals surface area contributed by atoms with Crippen molar-refractivity contribution in [2.45, 2.75) is 32.4 Å². The van der Waals surface area contributed by atoms with E-state index in [1.54, 1.807) is 6.20 Å². The molecule has 5 rings (SSSR count). The van der Waals surface area contributed by atoms with E-state index in [9.17, 15) is 4.79 Å². The summed E-state index contributed by atoms with van der Waals surface area (Å²) in [6.45, 7) is 3.17. The van der Waals surface area contributed by atoms with Gasteiger partial charge in [-0.15, -0.1) is 0 Å². The summed E-state index contributed by atoms with van der Waals surface area (Å²) in [5.41, 5.74) is 5.54. The molecule has 146 valence electrons. The van der Waals surface area contributed by atoms with Crippen LogP contribution in [-0.2, 0) is 13.1 Å². The second kappa shape index (κ2) is 7.70. The highest BCUT2D eigenvalue weighted by Crippen LogP contribution is 2.33. The lowest BCUT2D eigenvalue weighted by Gasteiger charge is -2.30. The molecule has 2 aliphatic rings. The minimum absolute atomic E-state index is 0.0604. The number of hydrogen-bond donors (Lipinski definition) is 0. The Kier molecular flexibility index (Phi) is 4.76. The van der Waals surface area contributed by atoms with Crippen LogP contribution < -0.4 is 4.90 Å². The van der Waals surface area contributed by atoms with E-state index in [-0.39, 0.29) is 5.91 Å². The second-order valence-electron chi connectivity index (χ2n) is 7.90. The monoisotopic (exact) mass is 383 g/mol. The fraction of sp³-hybridized carbons (Fsp3) is 0.280. The summed E-state index contributed by atoms with van der Waals surface area (Å²) in [6, 6.07) is 20.6. The van der Waals surface area contributed by atoms with Gasteiger partial charge in [-0.25, -0.2) is 4.98 Å². The first kappa shape index (κ1) is 17.9. The van der Waals surface area contributed by atoms with E-state index in [2.05, 4.69) is 58.4 Å². The van der Waals surface area contributed by atoms with Crippen molar-refractivity contribution in [2.24, 2.45) is 0 Å². The number of piperidine rings is 1. The summed E-state index contributed by atoms with van der Waals surface area (Å²) in [5.74, 6) is 0.896. The lowest BCUT2D eigenvalue weighted by atomic mass is 9.97. The Balaban J connectivity index is 1.53. The molecule has 3 heterocycles. The summed E-state index contributed by atoms with van der Waals surface area (Å²) in [4.78, 5) is 22.5. The topological polar surface area (TPSA) is 36.4 Å². The second-order valence-corrected chi connectivity index (χ2v) is 7.90. The van der Waals surface area contributed by atoms with Gasteiger partial charge in [-0.05, 0) is 53.6 Å². The van der Waals surface area contributed by atoms with Gasteiger partial charge in [0.1, 0.15) is 5.82 Å². The van der Waals surface area contributed by atoms with Gasteiger partial charge in [-0.1, -0.05) is 48.5 Å². The summed E-state index contributed by atoms with van der Waals surface area (Å²) in [5, 5.41) is 0. The minimum Gasteiger partial charge on any atom is -0.356 e. The first-order valence-electron chi connectivity index (χ1n) is 10.5. The maximum atomic E-state index is 13.7. The van der Waals surface area contributed by atoms with Gasteiger partial charge in [0.15, 0.2) is 0 Å². The molecule has 0 atom stereocenters. The number of benzene rings is 2. The highest BCUT2D eigenvalue weighted by Gasteiger charge is 2.27. The standard InChI is InChI=1S/C25H25N3O/c29-25(23-13-8-14-26-24(23)27-15-6-1-7-16-27)28-17-19-9-2-4-11-21(19)22-12-5-3-10-20(22)18-28/h2-5,8-14H,1,6-7,15-18H2. The molecule has 4 heteroatoms. The van der Waals surface area contributed by atoms with Gasteiger partial charge in [0.05, 0.1) is 5.56 Å². The van der Waals surface area contributed by atoms with E-state index in [0.717, 1.165) is 31.7 Å². The smallest absolute Gasteiger partial charge is 0.258 e. The van der Waals surface area contributed by atoms with Gasteiger partial charge in [0, 0.05) is 32.4 Å². The van der Waals surface area contributed by atoms with Crippen LogP contribution in [0.4, 0.5) is 5.82 Å². The van der Waals surface area contributed by atoms with Crippen molar-refractivity contribution in [3.8, 4) is 11.1 Å². The quantitative estimate of drug-likeness (QED) is 0.632. The number of carbonyl (C=O) groups is 1. The zero-order chi connectivity index (χ0) is 19.6. The van der Waals surface area contributed by atoms with Crippen molar-refractivity contribution in [3.05, 3.63) is 83.6 Å². The van der Waals surface area contributed by atoms with Crippen molar-refractivity contribution >= 4 is 11.7 Å². The first-order valence-corrected chi connectivity index (χ1v) is 10.5. The van der Waals surface area contributed by atoms with Crippen LogP contribution in [-0.4, -0.2) is 28.9 Å². The maximum absolute atomic E-state index is 13.7. The highest BCUT2D eigenvalue weighted by molar-refractivity contribution is 5.99. The van der Waals surface area contributed by atoms with Gasteiger partial charge in [-0.2, -0.15) is 0 Å². The third kappa shape index (κ3) is 3.39. The van der Waals surface area contributed by atoms with Crippen LogP contribution in [0.5, 0.6) is 0 Å². The van der Waals surface area contributed by atoms with E-state index in [1.807, 2.05) is 17.0 Å². The number of carbonyl (C=O) groups excluding carboxylic acids is 1. The van der Waals surface area contributed by atoms with Crippen molar-refractivity contribution in [1.82, 2.24) is 9.88 Å². The average Bonchev–Trinajstić information content (AvgIpc) is 2.96. The molecule has 3 aromatic rings. The lowest BCUT2D eigenvalue weighted by Crippen LogP contribution is -2.35. The number of rotatable bonds is 2. The molecule has 29 heavy (non-hydrogen) atoms. The van der Waals surface area contributed by atoms with Gasteiger partial charge < -0.3 is 9.80 Å². The number of pyridine rings is 1. The normalized spacial score (nSPS) is 16.0. The molecule has 0 N–H and O–H groups in total. The zero-order valence-corrected chi connectivity index (χ0v) is 16.6. The van der Waals surface area contributed by atoms with E-state index in [4.69, 9.17) is 0 Å². The van der Waals surface area contributed by atoms with E-state index in [1.165, 1.54) is 28.7 Å². The molecule has 2 aliphatic heterocycles. The Labute approximate surface area is 171 Å². The van der Waals surface area contributed by atoms with Gasteiger partial charge in [-0.3, -0.25) is 4.79 Å². The molecule has 0 unspecified atom stereocenters.